The molecule has 82 valence electrons. The maximum Gasteiger partial charge on any atom is 0.320 e. The zero-order valence-corrected chi connectivity index (χ0v) is 9.77. The molecule has 0 amide bonds. The molecular formula is C8H11N3O2S2. The number of nitrogens with zero attached hydrogens (tertiary/aromatic N) is 2. The van der Waals surface area contributed by atoms with Gasteiger partial charge in [-0.2, -0.15) is 0 Å². The molecule has 2 rings (SSSR count). The van der Waals surface area contributed by atoms with Crippen LogP contribution in [-0.4, -0.2) is 32.5 Å². The number of carboxylic acid groups (broad SMARTS) is 1. The van der Waals surface area contributed by atoms with Crippen LogP contribution in [0, 0.1) is 6.92 Å². The number of carboxylic acids is 1. The maximum atomic E-state index is 10.9. The van der Waals surface area contributed by atoms with E-state index in [1.54, 1.807) is 11.8 Å². The number of hydrogen-bond acceptors (Lipinski definition) is 6. The van der Waals surface area contributed by atoms with Crippen LogP contribution in [0.1, 0.15) is 22.4 Å². The molecule has 1 aromatic heterocycles. The van der Waals surface area contributed by atoms with Crippen LogP contribution >= 0.6 is 23.3 Å². The van der Waals surface area contributed by atoms with Gasteiger partial charge >= 0.3 is 5.97 Å². The highest BCUT2D eigenvalue weighted by molar-refractivity contribution is 7.99. The van der Waals surface area contributed by atoms with Gasteiger partial charge in [-0.1, -0.05) is 4.49 Å². The van der Waals surface area contributed by atoms with E-state index in [9.17, 15) is 4.79 Å². The lowest BCUT2D eigenvalue weighted by atomic mass is 10.2. The van der Waals surface area contributed by atoms with Crippen molar-refractivity contribution >= 4 is 29.3 Å². The summed E-state index contributed by atoms with van der Waals surface area (Å²) in [6.45, 7) is 1.89. The first kappa shape index (κ1) is 10.8. The third kappa shape index (κ3) is 2.30. The maximum absolute atomic E-state index is 10.9. The van der Waals surface area contributed by atoms with Crippen molar-refractivity contribution in [1.29, 1.82) is 0 Å². The lowest BCUT2D eigenvalue weighted by Gasteiger charge is -2.27. The molecule has 1 saturated heterocycles. The van der Waals surface area contributed by atoms with E-state index in [0.29, 0.717) is 6.42 Å². The lowest BCUT2D eigenvalue weighted by molar-refractivity contribution is -0.139. The van der Waals surface area contributed by atoms with Gasteiger partial charge in [-0.15, -0.1) is 16.9 Å². The van der Waals surface area contributed by atoms with E-state index in [1.165, 1.54) is 11.5 Å². The number of thioether (sulfide) groups is 1. The highest BCUT2D eigenvalue weighted by Gasteiger charge is 2.29. The first-order valence-electron chi connectivity index (χ1n) is 4.58. The quantitative estimate of drug-likeness (QED) is 0.810. The SMILES string of the molecule is Cc1nnsc1C1NC(C(=O)O)CCS1. The van der Waals surface area contributed by atoms with Crippen molar-refractivity contribution in [2.24, 2.45) is 0 Å². The van der Waals surface area contributed by atoms with Crippen LogP contribution < -0.4 is 5.32 Å². The molecule has 2 heterocycles. The molecule has 0 radical (unpaired) electrons. The van der Waals surface area contributed by atoms with Gasteiger partial charge in [0, 0.05) is 0 Å². The van der Waals surface area contributed by atoms with E-state index >= 15 is 0 Å². The van der Waals surface area contributed by atoms with Gasteiger partial charge in [0.05, 0.1) is 15.9 Å². The van der Waals surface area contributed by atoms with E-state index < -0.39 is 12.0 Å². The second-order valence-electron chi connectivity index (χ2n) is 3.32. The number of nitrogens with one attached hydrogen (secondary N) is 1. The fraction of sp³-hybridized carbons (Fsp3) is 0.625. The predicted molar refractivity (Wildman–Crippen MR) is 59.0 cm³/mol. The van der Waals surface area contributed by atoms with Crippen LogP contribution in [0.15, 0.2) is 0 Å². The molecule has 0 spiro atoms. The monoisotopic (exact) mass is 245 g/mol. The summed E-state index contributed by atoms with van der Waals surface area (Å²) < 4.78 is 3.86. The molecule has 2 atom stereocenters. The molecule has 5 nitrogen and oxygen atoms in total. The molecule has 0 aliphatic carbocycles. The Labute approximate surface area is 95.4 Å². The van der Waals surface area contributed by atoms with Gasteiger partial charge in [-0.3, -0.25) is 10.1 Å². The van der Waals surface area contributed by atoms with Gasteiger partial charge in [-0.25, -0.2) is 0 Å². The smallest absolute Gasteiger partial charge is 0.320 e. The van der Waals surface area contributed by atoms with Gasteiger partial charge in [-0.05, 0) is 30.6 Å². The summed E-state index contributed by atoms with van der Waals surface area (Å²) in [5, 5.41) is 16.0. The van der Waals surface area contributed by atoms with Crippen molar-refractivity contribution in [3.63, 3.8) is 0 Å². The molecule has 0 aromatic carbocycles. The zero-order chi connectivity index (χ0) is 10.8. The summed E-state index contributed by atoms with van der Waals surface area (Å²) in [6, 6.07) is -0.447. The molecule has 7 heteroatoms. The van der Waals surface area contributed by atoms with Crippen LogP contribution in [0.2, 0.25) is 0 Å². The van der Waals surface area contributed by atoms with Crippen molar-refractivity contribution < 1.29 is 9.90 Å². The second-order valence-corrected chi connectivity index (χ2v) is 5.32. The van der Waals surface area contributed by atoms with Gasteiger partial charge in [0.25, 0.3) is 0 Å². The number of carbonyl (C=O) groups is 1. The molecule has 1 aliphatic heterocycles. The van der Waals surface area contributed by atoms with Crippen molar-refractivity contribution in [3.05, 3.63) is 10.6 Å². The Bertz CT molecular complexity index is 369. The van der Waals surface area contributed by atoms with Gasteiger partial charge < -0.3 is 5.11 Å². The van der Waals surface area contributed by atoms with Gasteiger partial charge in [0.2, 0.25) is 0 Å². The van der Waals surface area contributed by atoms with Crippen molar-refractivity contribution in [1.82, 2.24) is 14.9 Å². The topological polar surface area (TPSA) is 75.1 Å². The summed E-state index contributed by atoms with van der Waals surface area (Å²) in [7, 11) is 0. The Balaban J connectivity index is 2.11. The fourth-order valence-electron chi connectivity index (χ4n) is 1.44. The lowest BCUT2D eigenvalue weighted by Crippen LogP contribution is -2.41. The molecule has 0 bridgehead atoms. The Hall–Kier alpha value is -0.660. The summed E-state index contributed by atoms with van der Waals surface area (Å²) in [5.41, 5.74) is 0.885. The fourth-order valence-corrected chi connectivity index (χ4v) is 3.55. The van der Waals surface area contributed by atoms with E-state index in [-0.39, 0.29) is 5.37 Å². The molecular weight excluding hydrogens is 234 g/mol. The van der Waals surface area contributed by atoms with Crippen LogP contribution in [0.3, 0.4) is 0 Å². The Kier molecular flexibility index (Phi) is 3.22. The molecule has 1 aromatic rings. The Morgan fingerprint density at radius 1 is 1.67 bits per heavy atom. The third-order valence-corrected chi connectivity index (χ3v) is 4.48. The number of rotatable bonds is 2. The van der Waals surface area contributed by atoms with Crippen molar-refractivity contribution in [2.75, 3.05) is 5.75 Å². The number of aromatic nitrogens is 2. The summed E-state index contributed by atoms with van der Waals surface area (Å²) in [4.78, 5) is 11.9. The van der Waals surface area contributed by atoms with Crippen LogP contribution in [0.4, 0.5) is 0 Å². The van der Waals surface area contributed by atoms with Crippen LogP contribution in [0.25, 0.3) is 0 Å². The minimum absolute atomic E-state index is 0.0276. The van der Waals surface area contributed by atoms with E-state index in [2.05, 4.69) is 14.9 Å². The molecule has 2 unspecified atom stereocenters. The number of hydrogen-bond donors (Lipinski definition) is 2. The zero-order valence-electron chi connectivity index (χ0n) is 8.14. The van der Waals surface area contributed by atoms with Crippen LogP contribution in [-0.2, 0) is 4.79 Å². The Morgan fingerprint density at radius 2 is 2.47 bits per heavy atom. The van der Waals surface area contributed by atoms with Crippen molar-refractivity contribution in [2.45, 2.75) is 24.8 Å². The standard InChI is InChI=1S/C8H11N3O2S2/c1-4-6(15-11-10-4)7-9-5(8(12)13)2-3-14-7/h5,7,9H,2-3H2,1H3,(H,12,13). The van der Waals surface area contributed by atoms with Crippen LogP contribution in [0.5, 0.6) is 0 Å². The molecule has 1 fully saturated rings. The van der Waals surface area contributed by atoms with Gasteiger partial charge in [0.1, 0.15) is 6.04 Å². The number of aliphatic carboxylic acids is 1. The predicted octanol–water partition coefficient (Wildman–Crippen LogP) is 1.02. The Morgan fingerprint density at radius 3 is 3.07 bits per heavy atom. The molecule has 1 aliphatic rings. The highest BCUT2D eigenvalue weighted by atomic mass is 32.2. The number of aryl methyl sites for hydroxylation is 1. The van der Waals surface area contributed by atoms with Crippen molar-refractivity contribution in [3.8, 4) is 0 Å². The van der Waals surface area contributed by atoms with E-state index in [0.717, 1.165) is 16.3 Å². The molecule has 15 heavy (non-hydrogen) atoms. The average Bonchev–Trinajstić information content (AvgIpc) is 2.64. The second kappa shape index (κ2) is 4.46. The van der Waals surface area contributed by atoms with E-state index in [4.69, 9.17) is 5.11 Å². The minimum Gasteiger partial charge on any atom is -0.480 e. The highest BCUT2D eigenvalue weighted by Crippen LogP contribution is 2.34. The first-order chi connectivity index (χ1) is 7.18. The molecule has 0 saturated carbocycles. The summed E-state index contributed by atoms with van der Waals surface area (Å²) in [6.07, 6.45) is 0.668. The normalized spacial score (nSPS) is 26.5. The average molecular weight is 245 g/mol. The van der Waals surface area contributed by atoms with Gasteiger partial charge in [0.15, 0.2) is 0 Å². The molecule has 2 N–H and O–H groups in total. The minimum atomic E-state index is -0.782. The first-order valence-corrected chi connectivity index (χ1v) is 6.40. The summed E-state index contributed by atoms with van der Waals surface area (Å²) in [5.74, 6) is 0.0711. The van der Waals surface area contributed by atoms with E-state index in [1.807, 2.05) is 6.92 Å². The summed E-state index contributed by atoms with van der Waals surface area (Å²) >= 11 is 3.04. The largest absolute Gasteiger partial charge is 0.480 e. The third-order valence-electron chi connectivity index (χ3n) is 2.27.